The van der Waals surface area contributed by atoms with Crippen LogP contribution in [-0.4, -0.2) is 43.3 Å². The summed E-state index contributed by atoms with van der Waals surface area (Å²) in [6.45, 7) is 0.656. The van der Waals surface area contributed by atoms with Gasteiger partial charge < -0.3 is 19.9 Å². The van der Waals surface area contributed by atoms with Gasteiger partial charge in [0.2, 0.25) is 5.91 Å². The maximum atomic E-state index is 11.2. The van der Waals surface area contributed by atoms with E-state index in [1.807, 2.05) is 30.3 Å². The molecular weight excluding hydrogens is 250 g/mol. The zero-order chi connectivity index (χ0) is 13.9. The second-order valence-corrected chi connectivity index (χ2v) is 3.71. The van der Waals surface area contributed by atoms with Crippen molar-refractivity contribution in [1.82, 2.24) is 5.32 Å². The molecule has 1 aromatic carbocycles. The van der Waals surface area contributed by atoms with Crippen molar-refractivity contribution in [2.24, 2.45) is 0 Å². The Morgan fingerprint density at radius 2 is 1.89 bits per heavy atom. The lowest BCUT2D eigenvalue weighted by molar-refractivity contribution is -0.137. The number of rotatable bonds is 9. The Kier molecular flexibility index (Phi) is 7.04. The lowest BCUT2D eigenvalue weighted by atomic mass is 10.3. The van der Waals surface area contributed by atoms with Gasteiger partial charge in [-0.3, -0.25) is 9.59 Å². The summed E-state index contributed by atoms with van der Waals surface area (Å²) in [4.78, 5) is 21.4. The van der Waals surface area contributed by atoms with E-state index in [2.05, 4.69) is 5.32 Å². The first-order valence-corrected chi connectivity index (χ1v) is 5.92. The second kappa shape index (κ2) is 8.93. The lowest BCUT2D eigenvalue weighted by Crippen LogP contribution is -2.30. The predicted octanol–water partition coefficient (Wildman–Crippen LogP) is 0.673. The van der Waals surface area contributed by atoms with Crippen LogP contribution in [0.4, 0.5) is 0 Å². The molecule has 0 saturated carbocycles. The molecule has 0 bridgehead atoms. The zero-order valence-corrected chi connectivity index (χ0v) is 10.5. The van der Waals surface area contributed by atoms with Crippen LogP contribution in [0.25, 0.3) is 0 Å². The molecule has 1 aromatic rings. The number of aliphatic carboxylic acids is 1. The van der Waals surface area contributed by atoms with E-state index in [1.54, 1.807) is 0 Å². The molecule has 0 radical (unpaired) electrons. The van der Waals surface area contributed by atoms with Gasteiger partial charge >= 0.3 is 5.97 Å². The van der Waals surface area contributed by atoms with Gasteiger partial charge in [-0.2, -0.15) is 0 Å². The molecule has 0 aliphatic carbocycles. The normalized spacial score (nSPS) is 9.89. The minimum absolute atomic E-state index is 0.0944. The van der Waals surface area contributed by atoms with E-state index in [4.69, 9.17) is 14.6 Å². The summed E-state index contributed by atoms with van der Waals surface area (Å²) in [5.41, 5.74) is 0. The molecule has 19 heavy (non-hydrogen) atoms. The number of ether oxygens (including phenoxy) is 2. The number of hydrogen-bond donors (Lipinski definition) is 2. The number of carbonyl (C=O) groups is 2. The standard InChI is InChI=1S/C13H17NO5/c15-12(14-7-6-13(16)17)10-18-8-9-19-11-4-2-1-3-5-11/h1-5H,6-10H2,(H,14,15)(H,16,17). The minimum atomic E-state index is -0.947. The van der Waals surface area contributed by atoms with Gasteiger partial charge in [0.05, 0.1) is 13.0 Å². The number of carboxylic acid groups (broad SMARTS) is 1. The lowest BCUT2D eigenvalue weighted by Gasteiger charge is -2.07. The van der Waals surface area contributed by atoms with Crippen LogP contribution in [0.1, 0.15) is 6.42 Å². The van der Waals surface area contributed by atoms with E-state index in [9.17, 15) is 9.59 Å². The van der Waals surface area contributed by atoms with Gasteiger partial charge in [-0.05, 0) is 12.1 Å². The predicted molar refractivity (Wildman–Crippen MR) is 68.0 cm³/mol. The Balaban J connectivity index is 1.98. The first-order chi connectivity index (χ1) is 9.18. The number of nitrogens with one attached hydrogen (secondary N) is 1. The maximum Gasteiger partial charge on any atom is 0.305 e. The summed E-state index contributed by atoms with van der Waals surface area (Å²) in [6, 6.07) is 9.29. The van der Waals surface area contributed by atoms with Crippen LogP contribution in [0.3, 0.4) is 0 Å². The van der Waals surface area contributed by atoms with Gasteiger partial charge in [0.1, 0.15) is 19.0 Å². The van der Waals surface area contributed by atoms with Gasteiger partial charge in [0.15, 0.2) is 0 Å². The van der Waals surface area contributed by atoms with Crippen LogP contribution in [0.2, 0.25) is 0 Å². The molecule has 0 aromatic heterocycles. The number of amides is 1. The molecule has 2 N–H and O–H groups in total. The summed E-state index contributed by atoms with van der Waals surface area (Å²) in [6.07, 6.45) is -0.0944. The number of benzene rings is 1. The molecule has 0 aliphatic rings. The summed E-state index contributed by atoms with van der Waals surface area (Å²) >= 11 is 0. The summed E-state index contributed by atoms with van der Waals surface area (Å²) in [5.74, 6) is -0.532. The van der Waals surface area contributed by atoms with Crippen LogP contribution in [0.5, 0.6) is 5.75 Å². The molecule has 104 valence electrons. The molecule has 1 amide bonds. The Labute approximate surface area is 111 Å². The van der Waals surface area contributed by atoms with Gasteiger partial charge in [0.25, 0.3) is 0 Å². The van der Waals surface area contributed by atoms with Gasteiger partial charge in [0, 0.05) is 6.54 Å². The molecule has 0 unspecified atom stereocenters. The summed E-state index contributed by atoms with van der Waals surface area (Å²) in [5, 5.41) is 10.8. The van der Waals surface area contributed by atoms with Crippen LogP contribution < -0.4 is 10.1 Å². The number of para-hydroxylation sites is 1. The third-order valence-corrected chi connectivity index (χ3v) is 2.13. The van der Waals surface area contributed by atoms with E-state index in [-0.39, 0.29) is 25.5 Å². The third-order valence-electron chi connectivity index (χ3n) is 2.13. The topological polar surface area (TPSA) is 84.9 Å². The highest BCUT2D eigenvalue weighted by Crippen LogP contribution is 2.07. The van der Waals surface area contributed by atoms with E-state index >= 15 is 0 Å². The molecule has 6 heteroatoms. The van der Waals surface area contributed by atoms with Crippen molar-refractivity contribution in [3.05, 3.63) is 30.3 Å². The van der Waals surface area contributed by atoms with Crippen molar-refractivity contribution >= 4 is 11.9 Å². The first kappa shape index (κ1) is 15.0. The molecular formula is C13H17NO5. The van der Waals surface area contributed by atoms with Gasteiger partial charge in [-0.15, -0.1) is 0 Å². The van der Waals surface area contributed by atoms with E-state index in [0.717, 1.165) is 5.75 Å². The van der Waals surface area contributed by atoms with Crippen molar-refractivity contribution in [3.63, 3.8) is 0 Å². The molecule has 6 nitrogen and oxygen atoms in total. The van der Waals surface area contributed by atoms with Gasteiger partial charge in [-0.25, -0.2) is 0 Å². The van der Waals surface area contributed by atoms with E-state index < -0.39 is 5.97 Å². The third kappa shape index (κ3) is 7.77. The smallest absolute Gasteiger partial charge is 0.305 e. The Hall–Kier alpha value is -2.08. The highest BCUT2D eigenvalue weighted by molar-refractivity contribution is 5.77. The van der Waals surface area contributed by atoms with Crippen LogP contribution >= 0.6 is 0 Å². The Morgan fingerprint density at radius 1 is 1.16 bits per heavy atom. The highest BCUT2D eigenvalue weighted by Gasteiger charge is 2.02. The minimum Gasteiger partial charge on any atom is -0.491 e. The number of carbonyl (C=O) groups excluding carboxylic acids is 1. The molecule has 1 rings (SSSR count). The first-order valence-electron chi connectivity index (χ1n) is 5.92. The number of carboxylic acids is 1. The summed E-state index contributed by atoms with van der Waals surface area (Å²) < 4.78 is 10.5. The zero-order valence-electron chi connectivity index (χ0n) is 10.5. The fraction of sp³-hybridized carbons (Fsp3) is 0.385. The van der Waals surface area contributed by atoms with E-state index in [0.29, 0.717) is 13.2 Å². The second-order valence-electron chi connectivity index (χ2n) is 3.71. The number of hydrogen-bond acceptors (Lipinski definition) is 4. The molecule has 0 fully saturated rings. The van der Waals surface area contributed by atoms with Crippen molar-refractivity contribution in [2.75, 3.05) is 26.4 Å². The molecule has 0 atom stereocenters. The van der Waals surface area contributed by atoms with E-state index in [1.165, 1.54) is 0 Å². The van der Waals surface area contributed by atoms with Crippen molar-refractivity contribution in [2.45, 2.75) is 6.42 Å². The fourth-order valence-corrected chi connectivity index (χ4v) is 1.26. The largest absolute Gasteiger partial charge is 0.491 e. The molecule has 0 spiro atoms. The monoisotopic (exact) mass is 267 g/mol. The van der Waals surface area contributed by atoms with Crippen LogP contribution in [-0.2, 0) is 14.3 Å². The maximum absolute atomic E-state index is 11.2. The quantitative estimate of drug-likeness (QED) is 0.642. The van der Waals surface area contributed by atoms with Crippen molar-refractivity contribution in [1.29, 1.82) is 0 Å². The fourth-order valence-electron chi connectivity index (χ4n) is 1.26. The molecule has 0 saturated heterocycles. The van der Waals surface area contributed by atoms with Crippen LogP contribution in [0, 0.1) is 0 Å². The van der Waals surface area contributed by atoms with Crippen LogP contribution in [0.15, 0.2) is 30.3 Å². The average molecular weight is 267 g/mol. The van der Waals surface area contributed by atoms with Gasteiger partial charge in [-0.1, -0.05) is 18.2 Å². The van der Waals surface area contributed by atoms with Crippen molar-refractivity contribution in [3.8, 4) is 5.75 Å². The molecule has 0 aliphatic heterocycles. The average Bonchev–Trinajstić information content (AvgIpc) is 2.39. The highest BCUT2D eigenvalue weighted by atomic mass is 16.5. The Morgan fingerprint density at radius 3 is 2.58 bits per heavy atom. The Bertz CT molecular complexity index is 393. The SMILES string of the molecule is O=C(O)CCNC(=O)COCCOc1ccccc1. The molecule has 0 heterocycles. The van der Waals surface area contributed by atoms with Crippen molar-refractivity contribution < 1.29 is 24.2 Å². The summed E-state index contributed by atoms with van der Waals surface area (Å²) in [7, 11) is 0.